The van der Waals surface area contributed by atoms with Crippen LogP contribution in [0.2, 0.25) is 0 Å². The van der Waals surface area contributed by atoms with Crippen LogP contribution in [0.15, 0.2) is 24.3 Å². The number of urea groups is 1. The first kappa shape index (κ1) is 14.4. The second-order valence-corrected chi connectivity index (χ2v) is 5.04. The highest BCUT2D eigenvalue weighted by Gasteiger charge is 2.30. The number of amides is 3. The van der Waals surface area contributed by atoms with E-state index in [1.54, 1.807) is 9.80 Å². The number of hydrogen-bond acceptors (Lipinski definition) is 2. The highest BCUT2D eigenvalue weighted by Crippen LogP contribution is 2.20. The van der Waals surface area contributed by atoms with E-state index in [-0.39, 0.29) is 18.5 Å². The summed E-state index contributed by atoms with van der Waals surface area (Å²) in [6.07, 6.45) is 0.898. The largest absolute Gasteiger partial charge is 0.355 e. The van der Waals surface area contributed by atoms with Crippen LogP contribution in [0.3, 0.4) is 0 Å². The lowest BCUT2D eigenvalue weighted by Gasteiger charge is -2.18. The zero-order valence-electron chi connectivity index (χ0n) is 12.1. The van der Waals surface area contributed by atoms with Crippen molar-refractivity contribution in [2.24, 2.45) is 0 Å². The Kier molecular flexibility index (Phi) is 4.61. The Balaban J connectivity index is 1.95. The van der Waals surface area contributed by atoms with E-state index in [0.29, 0.717) is 19.6 Å². The number of carbonyl (C=O) groups excluding carboxylic acids is 2. The highest BCUT2D eigenvalue weighted by atomic mass is 16.2. The minimum Gasteiger partial charge on any atom is -0.355 e. The van der Waals surface area contributed by atoms with Gasteiger partial charge in [-0.3, -0.25) is 9.69 Å². The van der Waals surface area contributed by atoms with E-state index in [1.165, 1.54) is 0 Å². The molecule has 1 aliphatic heterocycles. The summed E-state index contributed by atoms with van der Waals surface area (Å²) in [4.78, 5) is 27.2. The van der Waals surface area contributed by atoms with Crippen molar-refractivity contribution in [1.29, 1.82) is 0 Å². The van der Waals surface area contributed by atoms with Crippen molar-refractivity contribution in [3.8, 4) is 0 Å². The molecule has 5 nitrogen and oxygen atoms in total. The number of aryl methyl sites for hydroxylation is 1. The number of rotatable bonds is 5. The summed E-state index contributed by atoms with van der Waals surface area (Å²) in [5.41, 5.74) is 2.05. The first-order valence-electron chi connectivity index (χ1n) is 7.01. The molecule has 1 N–H and O–H groups in total. The van der Waals surface area contributed by atoms with Crippen LogP contribution >= 0.6 is 0 Å². The van der Waals surface area contributed by atoms with E-state index in [4.69, 9.17) is 0 Å². The maximum atomic E-state index is 12.3. The molecule has 3 amide bonds. The molecule has 0 atom stereocenters. The van der Waals surface area contributed by atoms with Crippen molar-refractivity contribution in [3.63, 3.8) is 0 Å². The maximum absolute atomic E-state index is 12.3. The van der Waals surface area contributed by atoms with Crippen LogP contribution in [-0.2, 0) is 4.79 Å². The third-order valence-electron chi connectivity index (χ3n) is 3.35. The van der Waals surface area contributed by atoms with Gasteiger partial charge in [0.05, 0.1) is 0 Å². The fourth-order valence-corrected chi connectivity index (χ4v) is 2.19. The minimum absolute atomic E-state index is 0.0917. The summed E-state index contributed by atoms with van der Waals surface area (Å²) in [5.74, 6) is -0.0917. The molecule has 1 aromatic rings. The summed E-state index contributed by atoms with van der Waals surface area (Å²) in [6.45, 7) is 6.03. The normalized spacial score (nSPS) is 14.8. The van der Waals surface area contributed by atoms with Crippen molar-refractivity contribution in [2.45, 2.75) is 20.3 Å². The van der Waals surface area contributed by atoms with E-state index < -0.39 is 0 Å². The molecule has 1 saturated heterocycles. The molecule has 5 heteroatoms. The number of nitrogens with one attached hydrogen (secondary N) is 1. The molecular weight excluding hydrogens is 254 g/mol. The Morgan fingerprint density at radius 2 is 1.95 bits per heavy atom. The van der Waals surface area contributed by atoms with Crippen molar-refractivity contribution in [2.75, 3.05) is 31.1 Å². The number of benzene rings is 1. The van der Waals surface area contributed by atoms with Gasteiger partial charge < -0.3 is 10.2 Å². The molecular formula is C15H21N3O2. The molecule has 2 rings (SSSR count). The van der Waals surface area contributed by atoms with Gasteiger partial charge in [-0.2, -0.15) is 0 Å². The van der Waals surface area contributed by atoms with Gasteiger partial charge in [0.2, 0.25) is 5.91 Å². The van der Waals surface area contributed by atoms with Crippen LogP contribution in [-0.4, -0.2) is 43.0 Å². The fraction of sp³-hybridized carbons (Fsp3) is 0.467. The number of nitrogens with zero attached hydrogens (tertiary/aromatic N) is 2. The van der Waals surface area contributed by atoms with Crippen molar-refractivity contribution < 1.29 is 9.59 Å². The Bertz CT molecular complexity index is 484. The van der Waals surface area contributed by atoms with Gasteiger partial charge in [0.1, 0.15) is 6.54 Å². The number of anilines is 1. The molecule has 20 heavy (non-hydrogen) atoms. The van der Waals surface area contributed by atoms with Crippen LogP contribution < -0.4 is 10.2 Å². The maximum Gasteiger partial charge on any atom is 0.325 e. The molecule has 0 aromatic heterocycles. The zero-order valence-corrected chi connectivity index (χ0v) is 12.1. The van der Waals surface area contributed by atoms with E-state index in [0.717, 1.165) is 17.7 Å². The molecule has 0 aliphatic carbocycles. The molecule has 0 radical (unpaired) electrons. The lowest BCUT2D eigenvalue weighted by atomic mass is 10.2. The third kappa shape index (κ3) is 3.29. The molecule has 0 spiro atoms. The van der Waals surface area contributed by atoms with Gasteiger partial charge in [-0.15, -0.1) is 0 Å². The van der Waals surface area contributed by atoms with E-state index in [1.807, 2.05) is 38.1 Å². The molecule has 1 fully saturated rings. The lowest BCUT2D eigenvalue weighted by molar-refractivity contribution is -0.121. The molecule has 108 valence electrons. The molecule has 0 saturated carbocycles. The van der Waals surface area contributed by atoms with Gasteiger partial charge in [-0.1, -0.05) is 24.6 Å². The molecule has 1 aromatic carbocycles. The summed E-state index contributed by atoms with van der Waals surface area (Å²) in [7, 11) is 0. The van der Waals surface area contributed by atoms with E-state index >= 15 is 0 Å². The summed E-state index contributed by atoms with van der Waals surface area (Å²) < 4.78 is 0. The van der Waals surface area contributed by atoms with E-state index in [2.05, 4.69) is 5.32 Å². The first-order chi connectivity index (χ1) is 9.61. The third-order valence-corrected chi connectivity index (χ3v) is 3.35. The summed E-state index contributed by atoms with van der Waals surface area (Å²) in [6, 6.07) is 7.75. The van der Waals surface area contributed by atoms with Gasteiger partial charge in [-0.05, 0) is 25.5 Å². The van der Waals surface area contributed by atoms with Crippen molar-refractivity contribution in [3.05, 3.63) is 29.8 Å². The average Bonchev–Trinajstić information content (AvgIpc) is 2.79. The van der Waals surface area contributed by atoms with Crippen molar-refractivity contribution >= 4 is 17.6 Å². The molecule has 1 aliphatic rings. The predicted octanol–water partition coefficient (Wildman–Crippen LogP) is 1.76. The van der Waals surface area contributed by atoms with Crippen molar-refractivity contribution in [1.82, 2.24) is 10.2 Å². The zero-order chi connectivity index (χ0) is 14.5. The Morgan fingerprint density at radius 1 is 1.25 bits per heavy atom. The number of hydrogen-bond donors (Lipinski definition) is 1. The predicted molar refractivity (Wildman–Crippen MR) is 78.8 cm³/mol. The lowest BCUT2D eigenvalue weighted by Crippen LogP contribution is -2.40. The summed E-state index contributed by atoms with van der Waals surface area (Å²) >= 11 is 0. The summed E-state index contributed by atoms with van der Waals surface area (Å²) in [5, 5.41) is 2.79. The molecule has 1 heterocycles. The van der Waals surface area contributed by atoms with Gasteiger partial charge in [-0.25, -0.2) is 4.79 Å². The number of carbonyl (C=O) groups is 2. The van der Waals surface area contributed by atoms with Gasteiger partial charge in [0.25, 0.3) is 0 Å². The molecule has 0 bridgehead atoms. The van der Waals surface area contributed by atoms with Gasteiger partial charge >= 0.3 is 6.03 Å². The van der Waals surface area contributed by atoms with Gasteiger partial charge in [0, 0.05) is 25.3 Å². The first-order valence-corrected chi connectivity index (χ1v) is 7.01. The quantitative estimate of drug-likeness (QED) is 0.890. The monoisotopic (exact) mass is 275 g/mol. The van der Waals surface area contributed by atoms with Crippen LogP contribution in [0.5, 0.6) is 0 Å². The molecule has 0 unspecified atom stereocenters. The average molecular weight is 275 g/mol. The Morgan fingerprint density at radius 3 is 2.60 bits per heavy atom. The van der Waals surface area contributed by atoms with Crippen LogP contribution in [0.1, 0.15) is 18.9 Å². The SMILES string of the molecule is CCCNC(=O)CN1CCN(c2ccc(C)cc2)C1=O. The van der Waals surface area contributed by atoms with Gasteiger partial charge in [0.15, 0.2) is 0 Å². The topological polar surface area (TPSA) is 52.7 Å². The van der Waals surface area contributed by atoms with Crippen LogP contribution in [0.25, 0.3) is 0 Å². The highest BCUT2D eigenvalue weighted by molar-refractivity contribution is 5.96. The Hall–Kier alpha value is -2.04. The smallest absolute Gasteiger partial charge is 0.325 e. The Labute approximate surface area is 119 Å². The standard InChI is InChI=1S/C15H21N3O2/c1-3-8-16-14(19)11-17-9-10-18(15(17)20)13-6-4-12(2)5-7-13/h4-7H,3,8-11H2,1-2H3,(H,16,19). The fourth-order valence-electron chi connectivity index (χ4n) is 2.19. The second-order valence-electron chi connectivity index (χ2n) is 5.04. The van der Waals surface area contributed by atoms with Crippen LogP contribution in [0, 0.1) is 6.92 Å². The van der Waals surface area contributed by atoms with E-state index in [9.17, 15) is 9.59 Å². The second kappa shape index (κ2) is 6.41. The van der Waals surface area contributed by atoms with Crippen LogP contribution in [0.4, 0.5) is 10.5 Å². The minimum atomic E-state index is -0.0968.